The van der Waals surface area contributed by atoms with E-state index in [1.54, 1.807) is 5.57 Å². The van der Waals surface area contributed by atoms with Crippen molar-refractivity contribution in [3.05, 3.63) is 12.2 Å². The molecule has 5 atom stereocenters. The second kappa shape index (κ2) is 3.93. The maximum atomic E-state index is 4.44. The summed E-state index contributed by atoms with van der Waals surface area (Å²) in [5.41, 5.74) is 3.51. The highest BCUT2D eigenvalue weighted by Gasteiger charge is 2.62. The minimum atomic E-state index is 0.586. The Balaban J connectivity index is 1.75. The monoisotopic (exact) mass is 272 g/mol. The summed E-state index contributed by atoms with van der Waals surface area (Å²) in [5.74, 6) is 2.87. The molecule has 0 saturated heterocycles. The SMILES string of the molecule is C=C1C[C@]23CC[C@H]1C[C@@H]2[C@]1(C)CCCC(C)(C)[C@H]1CC3. The Hall–Kier alpha value is -0.260. The molecule has 0 nitrogen and oxygen atoms in total. The van der Waals surface area contributed by atoms with Crippen LogP contribution < -0.4 is 0 Å². The van der Waals surface area contributed by atoms with Crippen LogP contribution in [0.2, 0.25) is 0 Å². The van der Waals surface area contributed by atoms with E-state index in [0.717, 1.165) is 17.8 Å². The van der Waals surface area contributed by atoms with Crippen molar-refractivity contribution < 1.29 is 0 Å². The predicted octanol–water partition coefficient (Wildman–Crippen LogP) is 5.98. The Morgan fingerprint density at radius 1 is 0.950 bits per heavy atom. The van der Waals surface area contributed by atoms with Gasteiger partial charge in [0.1, 0.15) is 0 Å². The number of rotatable bonds is 0. The molecule has 112 valence electrons. The Kier molecular flexibility index (Phi) is 2.63. The summed E-state index contributed by atoms with van der Waals surface area (Å²) in [5, 5.41) is 0. The van der Waals surface area contributed by atoms with E-state index < -0.39 is 0 Å². The van der Waals surface area contributed by atoms with Gasteiger partial charge in [-0.3, -0.25) is 0 Å². The number of allylic oxidation sites excluding steroid dienone is 1. The maximum absolute atomic E-state index is 4.44. The van der Waals surface area contributed by atoms with E-state index in [2.05, 4.69) is 27.4 Å². The van der Waals surface area contributed by atoms with Crippen molar-refractivity contribution in [2.24, 2.45) is 34.0 Å². The molecule has 5 saturated carbocycles. The third-order valence-electron chi connectivity index (χ3n) is 8.41. The smallest absolute Gasteiger partial charge is 0.0202 e. The van der Waals surface area contributed by atoms with Crippen molar-refractivity contribution in [1.29, 1.82) is 0 Å². The quantitative estimate of drug-likeness (QED) is 0.476. The first-order chi connectivity index (χ1) is 9.37. The fourth-order valence-electron chi connectivity index (χ4n) is 7.56. The molecule has 0 N–H and O–H groups in total. The van der Waals surface area contributed by atoms with Crippen LogP contribution in [-0.4, -0.2) is 0 Å². The summed E-state index contributed by atoms with van der Waals surface area (Å²) >= 11 is 0. The maximum Gasteiger partial charge on any atom is -0.0202 e. The van der Waals surface area contributed by atoms with E-state index in [4.69, 9.17) is 0 Å². The van der Waals surface area contributed by atoms with Crippen LogP contribution in [0, 0.1) is 34.0 Å². The highest BCUT2D eigenvalue weighted by atomic mass is 14.7. The van der Waals surface area contributed by atoms with Crippen LogP contribution in [0.1, 0.15) is 78.6 Å². The van der Waals surface area contributed by atoms with E-state index in [9.17, 15) is 0 Å². The van der Waals surface area contributed by atoms with Gasteiger partial charge in [0.2, 0.25) is 0 Å². The first kappa shape index (κ1) is 13.4. The lowest BCUT2D eigenvalue weighted by molar-refractivity contribution is -0.167. The van der Waals surface area contributed by atoms with Gasteiger partial charge < -0.3 is 0 Å². The third-order valence-corrected chi connectivity index (χ3v) is 8.41. The van der Waals surface area contributed by atoms with E-state index >= 15 is 0 Å². The average Bonchev–Trinajstić information content (AvgIpc) is 2.37. The van der Waals surface area contributed by atoms with Crippen LogP contribution >= 0.6 is 0 Å². The van der Waals surface area contributed by atoms with Gasteiger partial charge in [-0.15, -0.1) is 0 Å². The molecule has 5 fully saturated rings. The van der Waals surface area contributed by atoms with Gasteiger partial charge in [-0.25, -0.2) is 0 Å². The van der Waals surface area contributed by atoms with Crippen LogP contribution in [0.3, 0.4) is 0 Å². The van der Waals surface area contributed by atoms with Crippen LogP contribution in [0.15, 0.2) is 12.2 Å². The fraction of sp³-hybridized carbons (Fsp3) is 0.900. The molecule has 1 spiro atoms. The molecule has 2 bridgehead atoms. The van der Waals surface area contributed by atoms with Crippen molar-refractivity contribution >= 4 is 0 Å². The molecule has 0 aromatic carbocycles. The molecular weight excluding hydrogens is 240 g/mol. The van der Waals surface area contributed by atoms with Crippen LogP contribution in [0.4, 0.5) is 0 Å². The fourth-order valence-corrected chi connectivity index (χ4v) is 7.56. The zero-order chi connectivity index (χ0) is 14.2. The highest BCUT2D eigenvalue weighted by Crippen LogP contribution is 2.71. The van der Waals surface area contributed by atoms with Crippen molar-refractivity contribution in [1.82, 2.24) is 0 Å². The van der Waals surface area contributed by atoms with Crippen LogP contribution in [-0.2, 0) is 0 Å². The summed E-state index contributed by atoms with van der Waals surface area (Å²) < 4.78 is 0. The van der Waals surface area contributed by atoms with Crippen molar-refractivity contribution in [2.45, 2.75) is 78.6 Å². The van der Waals surface area contributed by atoms with Gasteiger partial charge >= 0.3 is 0 Å². The van der Waals surface area contributed by atoms with E-state index in [-0.39, 0.29) is 0 Å². The molecule has 0 heteroatoms. The Morgan fingerprint density at radius 2 is 1.70 bits per heavy atom. The third kappa shape index (κ3) is 1.54. The largest absolute Gasteiger partial charge is 0.0996 e. The van der Waals surface area contributed by atoms with Gasteiger partial charge in [-0.05, 0) is 85.4 Å². The lowest BCUT2D eigenvalue weighted by Crippen LogP contribution is -2.59. The molecule has 5 rings (SSSR count). The Bertz CT molecular complexity index is 445. The van der Waals surface area contributed by atoms with E-state index in [1.165, 1.54) is 57.8 Å². The number of fused-ring (bicyclic) bond motifs is 3. The summed E-state index contributed by atoms with van der Waals surface area (Å²) in [7, 11) is 0. The van der Waals surface area contributed by atoms with Gasteiger partial charge in [0.15, 0.2) is 0 Å². The normalized spacial score (nSPS) is 53.4. The zero-order valence-electron chi connectivity index (χ0n) is 13.8. The van der Waals surface area contributed by atoms with E-state index in [0.29, 0.717) is 16.2 Å². The lowest BCUT2D eigenvalue weighted by Gasteiger charge is -2.68. The second-order valence-electron chi connectivity index (χ2n) is 9.66. The van der Waals surface area contributed by atoms with Crippen LogP contribution in [0.25, 0.3) is 0 Å². The molecule has 0 aromatic rings. The summed E-state index contributed by atoms with van der Waals surface area (Å²) in [4.78, 5) is 0. The van der Waals surface area contributed by atoms with Crippen LogP contribution in [0.5, 0.6) is 0 Å². The molecule has 0 aromatic heterocycles. The first-order valence-electron chi connectivity index (χ1n) is 9.05. The molecule has 0 radical (unpaired) electrons. The van der Waals surface area contributed by atoms with Crippen molar-refractivity contribution in [3.63, 3.8) is 0 Å². The summed E-state index contributed by atoms with van der Waals surface area (Å²) in [6.07, 6.45) is 13.3. The molecule has 0 heterocycles. The number of hydrogen-bond donors (Lipinski definition) is 0. The number of hydrogen-bond acceptors (Lipinski definition) is 0. The molecular formula is C20H32. The Morgan fingerprint density at radius 3 is 2.45 bits per heavy atom. The molecule has 0 amide bonds. The van der Waals surface area contributed by atoms with E-state index in [1.807, 2.05) is 0 Å². The molecule has 20 heavy (non-hydrogen) atoms. The van der Waals surface area contributed by atoms with Gasteiger partial charge in [0, 0.05) is 0 Å². The molecule has 0 aliphatic heterocycles. The molecule has 5 aliphatic rings. The Labute approximate surface area is 125 Å². The topological polar surface area (TPSA) is 0 Å². The van der Waals surface area contributed by atoms with Gasteiger partial charge in [0.05, 0.1) is 0 Å². The minimum Gasteiger partial charge on any atom is -0.0996 e. The highest BCUT2D eigenvalue weighted by molar-refractivity contribution is 5.21. The summed E-state index contributed by atoms with van der Waals surface area (Å²) in [6, 6.07) is 0. The molecule has 5 aliphatic carbocycles. The minimum absolute atomic E-state index is 0.586. The lowest BCUT2D eigenvalue weighted by atomic mass is 9.37. The zero-order valence-corrected chi connectivity index (χ0v) is 13.8. The summed E-state index contributed by atoms with van der Waals surface area (Å²) in [6.45, 7) is 12.3. The predicted molar refractivity (Wildman–Crippen MR) is 85.5 cm³/mol. The standard InChI is InChI=1S/C20H32/c1-14-13-20-10-6-15(14)12-17(20)19(4)9-5-8-18(2,3)16(19)7-11-20/h15-17H,1,5-13H2,2-4H3/t15-,16+,17+,19+,20+/m0/s1. The van der Waals surface area contributed by atoms with Crippen molar-refractivity contribution in [3.8, 4) is 0 Å². The van der Waals surface area contributed by atoms with Gasteiger partial charge in [-0.1, -0.05) is 39.3 Å². The van der Waals surface area contributed by atoms with Gasteiger partial charge in [0.25, 0.3) is 0 Å². The first-order valence-corrected chi connectivity index (χ1v) is 9.05. The second-order valence-corrected chi connectivity index (χ2v) is 9.66. The average molecular weight is 272 g/mol. The van der Waals surface area contributed by atoms with Gasteiger partial charge in [-0.2, -0.15) is 0 Å². The molecule has 0 unspecified atom stereocenters. The van der Waals surface area contributed by atoms with Crippen molar-refractivity contribution in [2.75, 3.05) is 0 Å².